The number of methoxy groups -OCH3 is 1. The van der Waals surface area contributed by atoms with Gasteiger partial charge in [0.15, 0.2) is 11.6 Å². The summed E-state index contributed by atoms with van der Waals surface area (Å²) in [6, 6.07) is 10.6. The van der Waals surface area contributed by atoms with Crippen molar-refractivity contribution < 1.29 is 9.53 Å². The Morgan fingerprint density at radius 1 is 1.12 bits per heavy atom. The number of benzene rings is 1. The number of rotatable bonds is 6. The Balaban J connectivity index is 1.69. The fourth-order valence-corrected chi connectivity index (χ4v) is 2.09. The molecule has 0 aliphatic carbocycles. The van der Waals surface area contributed by atoms with Crippen LogP contribution in [-0.2, 0) is 0 Å². The quantitative estimate of drug-likeness (QED) is 0.496. The number of hydrogen-bond donors (Lipinski definition) is 4. The highest BCUT2D eigenvalue weighted by Crippen LogP contribution is 2.26. The van der Waals surface area contributed by atoms with Crippen molar-refractivity contribution >= 4 is 28.9 Å². The second-order valence-electron chi connectivity index (χ2n) is 5.16. The van der Waals surface area contributed by atoms with Crippen LogP contribution in [0.4, 0.5) is 23.0 Å². The molecule has 9 nitrogen and oxygen atoms in total. The molecule has 1 aromatic carbocycles. The van der Waals surface area contributed by atoms with Gasteiger partial charge in [0.2, 0.25) is 0 Å². The standard InChI is InChI=1S/C17H17N7O2/c1-26-13-6-4-12(5-7-13)22-15-14(18)16(21-10-20-15)23-24-17(25)11-3-2-8-19-9-11/h2-10H,18H2,1H3,(H,24,25)(H2,20,21,22,23). The largest absolute Gasteiger partial charge is 0.497 e. The average molecular weight is 351 g/mol. The predicted octanol–water partition coefficient (Wildman–Crippen LogP) is 1.96. The molecule has 0 fully saturated rings. The Morgan fingerprint density at radius 2 is 1.88 bits per heavy atom. The second-order valence-corrected chi connectivity index (χ2v) is 5.16. The normalized spacial score (nSPS) is 10.0. The number of hydrogen-bond acceptors (Lipinski definition) is 8. The van der Waals surface area contributed by atoms with Crippen molar-refractivity contribution in [3.8, 4) is 5.75 Å². The van der Waals surface area contributed by atoms with Crippen LogP contribution in [0.25, 0.3) is 0 Å². The van der Waals surface area contributed by atoms with Gasteiger partial charge >= 0.3 is 0 Å². The number of aromatic nitrogens is 3. The number of nitrogen functional groups attached to an aromatic ring is 1. The maximum atomic E-state index is 12.0. The van der Waals surface area contributed by atoms with Crippen LogP contribution in [0, 0.1) is 0 Å². The Hall–Kier alpha value is -3.88. The third kappa shape index (κ3) is 3.96. The van der Waals surface area contributed by atoms with Crippen LogP contribution >= 0.6 is 0 Å². The van der Waals surface area contributed by atoms with Crippen molar-refractivity contribution in [1.82, 2.24) is 20.4 Å². The molecule has 0 spiro atoms. The molecule has 26 heavy (non-hydrogen) atoms. The van der Waals surface area contributed by atoms with E-state index in [1.165, 1.54) is 12.5 Å². The number of anilines is 4. The molecule has 9 heteroatoms. The molecule has 5 N–H and O–H groups in total. The number of hydrazine groups is 1. The van der Waals surface area contributed by atoms with E-state index in [1.807, 2.05) is 24.3 Å². The first kappa shape index (κ1) is 17.0. The number of carbonyl (C=O) groups is 1. The van der Waals surface area contributed by atoms with Gasteiger partial charge in [-0.1, -0.05) is 0 Å². The van der Waals surface area contributed by atoms with Crippen LogP contribution in [0.5, 0.6) is 5.75 Å². The van der Waals surface area contributed by atoms with E-state index in [0.29, 0.717) is 11.4 Å². The van der Waals surface area contributed by atoms with Gasteiger partial charge in [0.1, 0.15) is 17.8 Å². The number of carbonyl (C=O) groups excluding carboxylic acids is 1. The van der Waals surface area contributed by atoms with Crippen LogP contribution in [0.1, 0.15) is 10.4 Å². The monoisotopic (exact) mass is 351 g/mol. The van der Waals surface area contributed by atoms with Crippen molar-refractivity contribution in [2.45, 2.75) is 0 Å². The van der Waals surface area contributed by atoms with Crippen LogP contribution < -0.4 is 26.6 Å². The summed E-state index contributed by atoms with van der Waals surface area (Å²) in [4.78, 5) is 24.1. The van der Waals surface area contributed by atoms with Crippen molar-refractivity contribution in [3.63, 3.8) is 0 Å². The van der Waals surface area contributed by atoms with E-state index >= 15 is 0 Å². The zero-order valence-electron chi connectivity index (χ0n) is 13.9. The molecule has 0 aliphatic heterocycles. The molecule has 1 amide bonds. The molecule has 0 unspecified atom stereocenters. The number of nitrogens with zero attached hydrogens (tertiary/aromatic N) is 3. The highest BCUT2D eigenvalue weighted by molar-refractivity contribution is 5.94. The summed E-state index contributed by atoms with van der Waals surface area (Å²) < 4.78 is 5.12. The summed E-state index contributed by atoms with van der Waals surface area (Å²) in [5.41, 5.74) is 12.7. The zero-order valence-corrected chi connectivity index (χ0v) is 13.9. The van der Waals surface area contributed by atoms with Crippen molar-refractivity contribution in [2.75, 3.05) is 23.6 Å². The number of amides is 1. The van der Waals surface area contributed by atoms with Gasteiger partial charge in [0.05, 0.1) is 12.7 Å². The maximum Gasteiger partial charge on any atom is 0.271 e. The van der Waals surface area contributed by atoms with E-state index in [4.69, 9.17) is 10.5 Å². The molecule has 2 heterocycles. The molecule has 0 radical (unpaired) electrons. The summed E-state index contributed by atoms with van der Waals surface area (Å²) in [5, 5.41) is 3.09. The van der Waals surface area contributed by atoms with Gasteiger partial charge in [0.25, 0.3) is 5.91 Å². The molecular weight excluding hydrogens is 334 g/mol. The molecule has 3 aromatic rings. The van der Waals surface area contributed by atoms with Gasteiger partial charge in [-0.3, -0.25) is 20.6 Å². The first-order valence-corrected chi connectivity index (χ1v) is 7.65. The van der Waals surface area contributed by atoms with E-state index < -0.39 is 0 Å². The van der Waals surface area contributed by atoms with Gasteiger partial charge in [0, 0.05) is 18.1 Å². The van der Waals surface area contributed by atoms with E-state index in [2.05, 4.69) is 31.1 Å². The number of nitrogens with two attached hydrogens (primary N) is 1. The first-order chi connectivity index (χ1) is 12.7. The molecule has 132 valence electrons. The SMILES string of the molecule is COc1ccc(Nc2ncnc(NNC(=O)c3cccnc3)c2N)cc1. The Morgan fingerprint density at radius 3 is 2.58 bits per heavy atom. The van der Waals surface area contributed by atoms with Gasteiger partial charge in [-0.2, -0.15) is 0 Å². The van der Waals surface area contributed by atoms with Crippen LogP contribution in [0.3, 0.4) is 0 Å². The lowest BCUT2D eigenvalue weighted by atomic mass is 10.3. The lowest BCUT2D eigenvalue weighted by molar-refractivity contribution is 0.0962. The van der Waals surface area contributed by atoms with Gasteiger partial charge in [-0.25, -0.2) is 9.97 Å². The number of nitrogens with one attached hydrogen (secondary N) is 3. The van der Waals surface area contributed by atoms with Gasteiger partial charge < -0.3 is 15.8 Å². The van der Waals surface area contributed by atoms with E-state index in [-0.39, 0.29) is 17.4 Å². The molecule has 3 rings (SSSR count). The Labute approximate surface area is 149 Å². The van der Waals surface area contributed by atoms with E-state index in [0.717, 1.165) is 11.4 Å². The maximum absolute atomic E-state index is 12.0. The predicted molar refractivity (Wildman–Crippen MR) is 98.0 cm³/mol. The Bertz CT molecular complexity index is 885. The van der Waals surface area contributed by atoms with Crippen molar-refractivity contribution in [1.29, 1.82) is 0 Å². The lowest BCUT2D eigenvalue weighted by Gasteiger charge is -2.13. The van der Waals surface area contributed by atoms with Crippen molar-refractivity contribution in [2.24, 2.45) is 0 Å². The topological polar surface area (TPSA) is 127 Å². The molecule has 0 atom stereocenters. The van der Waals surface area contributed by atoms with Gasteiger partial charge in [-0.05, 0) is 36.4 Å². The third-order valence-electron chi connectivity index (χ3n) is 3.45. The minimum absolute atomic E-state index is 0.259. The summed E-state index contributed by atoms with van der Waals surface area (Å²) >= 11 is 0. The fourth-order valence-electron chi connectivity index (χ4n) is 2.09. The number of pyridine rings is 1. The summed E-state index contributed by atoms with van der Waals surface area (Å²) in [6.07, 6.45) is 4.38. The summed E-state index contributed by atoms with van der Waals surface area (Å²) in [5.74, 6) is 1.06. The van der Waals surface area contributed by atoms with Crippen LogP contribution in [0.2, 0.25) is 0 Å². The Kier molecular flexibility index (Phi) is 5.08. The average Bonchev–Trinajstić information content (AvgIpc) is 2.69. The van der Waals surface area contributed by atoms with Crippen LogP contribution in [0.15, 0.2) is 55.1 Å². The smallest absolute Gasteiger partial charge is 0.271 e. The van der Waals surface area contributed by atoms with Crippen LogP contribution in [-0.4, -0.2) is 28.0 Å². The highest BCUT2D eigenvalue weighted by atomic mass is 16.5. The number of ether oxygens (including phenoxy) is 1. The van der Waals surface area contributed by atoms with Crippen molar-refractivity contribution in [3.05, 3.63) is 60.7 Å². The fraction of sp³-hybridized carbons (Fsp3) is 0.0588. The summed E-state index contributed by atoms with van der Waals surface area (Å²) in [6.45, 7) is 0. The molecular formula is C17H17N7O2. The van der Waals surface area contributed by atoms with E-state index in [1.54, 1.807) is 25.4 Å². The highest BCUT2D eigenvalue weighted by Gasteiger charge is 2.10. The summed E-state index contributed by atoms with van der Waals surface area (Å²) in [7, 11) is 1.60. The molecule has 2 aromatic heterocycles. The zero-order chi connectivity index (χ0) is 18.4. The molecule has 0 aliphatic rings. The van der Waals surface area contributed by atoms with Gasteiger partial charge in [-0.15, -0.1) is 0 Å². The second kappa shape index (κ2) is 7.79. The molecule has 0 saturated carbocycles. The van der Waals surface area contributed by atoms with E-state index in [9.17, 15) is 4.79 Å². The lowest BCUT2D eigenvalue weighted by Crippen LogP contribution is -2.30. The minimum Gasteiger partial charge on any atom is -0.497 e. The first-order valence-electron chi connectivity index (χ1n) is 7.65. The minimum atomic E-state index is -0.360. The molecule has 0 bridgehead atoms. The third-order valence-corrected chi connectivity index (χ3v) is 3.45. The molecule has 0 saturated heterocycles.